The Morgan fingerprint density at radius 2 is 2.24 bits per heavy atom. The lowest BCUT2D eigenvalue weighted by molar-refractivity contribution is -0.137. The van der Waals surface area contributed by atoms with E-state index in [0.29, 0.717) is 0 Å². The summed E-state index contributed by atoms with van der Waals surface area (Å²) in [4.78, 5) is 10.4. The van der Waals surface area contributed by atoms with E-state index in [-0.39, 0.29) is 29.7 Å². The summed E-state index contributed by atoms with van der Waals surface area (Å²) in [5.41, 5.74) is 0. The molecule has 0 fully saturated rings. The van der Waals surface area contributed by atoms with Gasteiger partial charge in [-0.05, 0) is 13.2 Å². The van der Waals surface area contributed by atoms with Crippen LogP contribution in [0.4, 0.5) is 0 Å². The van der Waals surface area contributed by atoms with Gasteiger partial charge in [0.2, 0.25) is 10.0 Å². The van der Waals surface area contributed by atoms with Crippen molar-refractivity contribution in [3.63, 3.8) is 0 Å². The Kier molecular flexibility index (Phi) is 6.65. The first-order chi connectivity index (χ1) is 9.80. The van der Waals surface area contributed by atoms with Crippen LogP contribution in [0.1, 0.15) is 13.3 Å². The van der Waals surface area contributed by atoms with Crippen molar-refractivity contribution in [1.29, 1.82) is 0 Å². The van der Waals surface area contributed by atoms with Crippen molar-refractivity contribution in [2.24, 2.45) is 0 Å². The summed E-state index contributed by atoms with van der Waals surface area (Å²) >= 11 is 1.37. The number of hydrogen-bond acceptors (Lipinski definition) is 6. The number of rotatable bonds is 9. The van der Waals surface area contributed by atoms with Gasteiger partial charge in [0.25, 0.3) is 0 Å². The van der Waals surface area contributed by atoms with Crippen LogP contribution in [0.2, 0.25) is 0 Å². The number of nitrogens with zero attached hydrogens (tertiary/aromatic N) is 2. The monoisotopic (exact) mass is 337 g/mol. The second kappa shape index (κ2) is 7.78. The maximum Gasteiger partial charge on any atom is 0.305 e. The quantitative estimate of drug-likeness (QED) is 0.568. The fourth-order valence-electron chi connectivity index (χ4n) is 1.64. The summed E-state index contributed by atoms with van der Waals surface area (Å²) in [6.45, 7) is 1.64. The molecule has 21 heavy (non-hydrogen) atoms. The lowest BCUT2D eigenvalue weighted by Gasteiger charge is -2.20. The van der Waals surface area contributed by atoms with Crippen LogP contribution in [-0.2, 0) is 21.4 Å². The molecule has 0 spiro atoms. The van der Waals surface area contributed by atoms with Crippen molar-refractivity contribution < 1.29 is 23.4 Å². The van der Waals surface area contributed by atoms with E-state index >= 15 is 0 Å². The molecule has 1 heterocycles. The van der Waals surface area contributed by atoms with Crippen LogP contribution < -0.4 is 4.72 Å². The summed E-state index contributed by atoms with van der Waals surface area (Å²) in [5, 5.41) is 21.3. The van der Waals surface area contributed by atoms with Crippen LogP contribution in [0, 0.1) is 0 Å². The molecule has 1 aromatic heterocycles. The minimum Gasteiger partial charge on any atom is -0.481 e. The number of sulfonamides is 1. The highest BCUT2D eigenvalue weighted by Crippen LogP contribution is 2.14. The third-order valence-corrected chi connectivity index (χ3v) is 5.53. The second-order valence-electron chi connectivity index (χ2n) is 4.45. The smallest absolute Gasteiger partial charge is 0.305 e. The number of thioether (sulfide) groups is 1. The molecule has 3 N–H and O–H groups in total. The summed E-state index contributed by atoms with van der Waals surface area (Å²) in [6, 6.07) is -0.447. The fourth-order valence-corrected chi connectivity index (χ4v) is 3.59. The molecule has 8 nitrogen and oxygen atoms in total. The van der Waals surface area contributed by atoms with E-state index in [1.165, 1.54) is 28.8 Å². The van der Waals surface area contributed by atoms with Crippen LogP contribution in [0.25, 0.3) is 0 Å². The average molecular weight is 337 g/mol. The molecule has 0 saturated carbocycles. The Morgan fingerprint density at radius 3 is 2.76 bits per heavy atom. The number of carboxylic acids is 1. The van der Waals surface area contributed by atoms with Gasteiger partial charge in [0.15, 0.2) is 0 Å². The third-order valence-electron chi connectivity index (χ3n) is 2.86. The summed E-state index contributed by atoms with van der Waals surface area (Å²) < 4.78 is 28.1. The topological polar surface area (TPSA) is 122 Å². The zero-order valence-electron chi connectivity index (χ0n) is 11.8. The highest BCUT2D eigenvalue weighted by Gasteiger charge is 2.24. The fraction of sp³-hybridized carbons (Fsp3) is 0.636. The molecule has 0 saturated heterocycles. The predicted octanol–water partition coefficient (Wildman–Crippen LogP) is -0.251. The number of aromatic nitrogens is 2. The molecule has 0 aliphatic rings. The second-order valence-corrected chi connectivity index (χ2v) is 7.24. The van der Waals surface area contributed by atoms with Crippen molar-refractivity contribution >= 4 is 27.8 Å². The molecule has 0 aliphatic heterocycles. The van der Waals surface area contributed by atoms with Crippen LogP contribution in [0.3, 0.4) is 0 Å². The van der Waals surface area contributed by atoms with Gasteiger partial charge in [-0.1, -0.05) is 0 Å². The van der Waals surface area contributed by atoms with Gasteiger partial charge in [-0.3, -0.25) is 9.48 Å². The number of aliphatic hydroxyl groups is 1. The molecule has 2 atom stereocenters. The van der Waals surface area contributed by atoms with E-state index in [1.54, 1.807) is 13.2 Å². The Bertz CT molecular complexity index is 568. The largest absolute Gasteiger partial charge is 0.481 e. The van der Waals surface area contributed by atoms with E-state index in [9.17, 15) is 13.2 Å². The van der Waals surface area contributed by atoms with Gasteiger partial charge in [0.05, 0.1) is 25.8 Å². The first kappa shape index (κ1) is 18.0. The van der Waals surface area contributed by atoms with E-state index in [0.717, 1.165) is 0 Å². The number of aliphatic carboxylic acids is 1. The Labute approximate surface area is 127 Å². The van der Waals surface area contributed by atoms with Gasteiger partial charge in [-0.15, -0.1) is 0 Å². The molecule has 0 bridgehead atoms. The van der Waals surface area contributed by atoms with Crippen molar-refractivity contribution in [3.8, 4) is 0 Å². The molecule has 120 valence electrons. The Hall–Kier alpha value is -1.10. The number of carboxylic acid groups (broad SMARTS) is 1. The molecule has 0 amide bonds. The van der Waals surface area contributed by atoms with Crippen molar-refractivity contribution in [1.82, 2.24) is 14.5 Å². The highest BCUT2D eigenvalue weighted by molar-refractivity contribution is 7.99. The minimum atomic E-state index is -3.75. The molecule has 1 rings (SSSR count). The van der Waals surface area contributed by atoms with Gasteiger partial charge >= 0.3 is 5.97 Å². The first-order valence-corrected chi connectivity index (χ1v) is 8.97. The molecular formula is C11H19N3O5S2. The first-order valence-electron chi connectivity index (χ1n) is 6.20. The van der Waals surface area contributed by atoms with Gasteiger partial charge in [-0.2, -0.15) is 16.9 Å². The van der Waals surface area contributed by atoms with Crippen LogP contribution >= 0.6 is 11.8 Å². The van der Waals surface area contributed by atoms with Crippen LogP contribution in [0.15, 0.2) is 17.3 Å². The third kappa shape index (κ3) is 5.30. The zero-order chi connectivity index (χ0) is 16.0. The number of hydrogen-bond donors (Lipinski definition) is 3. The Balaban J connectivity index is 2.76. The predicted molar refractivity (Wildman–Crippen MR) is 78.7 cm³/mol. The Morgan fingerprint density at radius 1 is 1.57 bits per heavy atom. The van der Waals surface area contributed by atoms with Crippen molar-refractivity contribution in [2.75, 3.05) is 12.9 Å². The number of aliphatic hydroxyl groups excluding tert-OH is 1. The molecule has 0 aliphatic carbocycles. The normalized spacial score (nSPS) is 14.8. The number of carbonyl (C=O) groups is 1. The molecule has 0 aromatic carbocycles. The number of aryl methyl sites for hydroxylation is 1. The maximum atomic E-state index is 12.2. The molecule has 0 radical (unpaired) electrons. The van der Waals surface area contributed by atoms with Gasteiger partial charge in [0.1, 0.15) is 4.90 Å². The summed E-state index contributed by atoms with van der Waals surface area (Å²) in [6.07, 6.45) is 4.11. The molecular weight excluding hydrogens is 318 g/mol. The van der Waals surface area contributed by atoms with E-state index in [4.69, 9.17) is 10.2 Å². The van der Waals surface area contributed by atoms with Crippen molar-refractivity contribution in [3.05, 3.63) is 12.4 Å². The SMILES string of the molecule is CSC(CO)C(C)NS(=O)(=O)c1cnn(CCC(=O)O)c1. The van der Waals surface area contributed by atoms with Crippen molar-refractivity contribution in [2.45, 2.75) is 36.1 Å². The summed E-state index contributed by atoms with van der Waals surface area (Å²) in [7, 11) is -3.75. The lowest BCUT2D eigenvalue weighted by atomic mass is 10.3. The maximum absolute atomic E-state index is 12.2. The van der Waals surface area contributed by atoms with Gasteiger partial charge < -0.3 is 10.2 Å². The molecule has 10 heteroatoms. The molecule has 1 aromatic rings. The highest BCUT2D eigenvalue weighted by atomic mass is 32.2. The van der Waals surface area contributed by atoms with Gasteiger partial charge in [0, 0.05) is 17.5 Å². The van der Waals surface area contributed by atoms with E-state index in [1.807, 2.05) is 0 Å². The minimum absolute atomic E-state index is 0.0301. The van der Waals surface area contributed by atoms with E-state index in [2.05, 4.69) is 9.82 Å². The molecule has 2 unspecified atom stereocenters. The zero-order valence-corrected chi connectivity index (χ0v) is 13.4. The lowest BCUT2D eigenvalue weighted by Crippen LogP contribution is -2.41. The number of nitrogens with one attached hydrogen (secondary N) is 1. The average Bonchev–Trinajstić information content (AvgIpc) is 2.86. The summed E-state index contributed by atoms with van der Waals surface area (Å²) in [5.74, 6) is -0.979. The van der Waals surface area contributed by atoms with E-state index < -0.39 is 22.0 Å². The van der Waals surface area contributed by atoms with Crippen LogP contribution in [0.5, 0.6) is 0 Å². The van der Waals surface area contributed by atoms with Crippen LogP contribution in [-0.4, -0.2) is 58.5 Å². The van der Waals surface area contributed by atoms with Gasteiger partial charge in [-0.25, -0.2) is 13.1 Å². The standard InChI is InChI=1S/C11H19N3O5S2/c1-8(10(7-15)20-2)13-21(18,19)9-5-12-14(6-9)4-3-11(16)17/h5-6,8,10,13,15H,3-4,7H2,1-2H3,(H,16,17).